The summed E-state index contributed by atoms with van der Waals surface area (Å²) >= 11 is 1.27. The van der Waals surface area contributed by atoms with Gasteiger partial charge in [-0.25, -0.2) is 13.6 Å². The van der Waals surface area contributed by atoms with Crippen molar-refractivity contribution in [2.24, 2.45) is 5.14 Å². The summed E-state index contributed by atoms with van der Waals surface area (Å²) in [6.07, 6.45) is 3.39. The lowest BCUT2D eigenvalue weighted by Gasteiger charge is -2.14. The fourth-order valence-electron chi connectivity index (χ4n) is 4.39. The third kappa shape index (κ3) is 8.06. The number of primary sulfonamides is 1. The van der Waals surface area contributed by atoms with Gasteiger partial charge in [0.25, 0.3) is 11.8 Å². The van der Waals surface area contributed by atoms with Gasteiger partial charge in [0.1, 0.15) is 5.70 Å². The number of benzene rings is 4. The highest BCUT2D eigenvalue weighted by Gasteiger charge is 2.18. The summed E-state index contributed by atoms with van der Waals surface area (Å²) in [4.78, 5) is 43.2. The number of carbonyl (C=O) groups excluding carboxylic acids is 3. The lowest BCUT2D eigenvalue weighted by Crippen LogP contribution is -2.30. The van der Waals surface area contributed by atoms with Crippen LogP contribution in [0.4, 0.5) is 11.4 Å². The molecule has 1 unspecified atom stereocenters. The molecule has 228 valence electrons. The highest BCUT2D eigenvalue weighted by atomic mass is 32.2. The van der Waals surface area contributed by atoms with Crippen molar-refractivity contribution in [1.29, 1.82) is 0 Å². The van der Waals surface area contributed by atoms with Crippen molar-refractivity contribution in [3.8, 4) is 0 Å². The Kier molecular flexibility index (Phi) is 9.48. The number of nitrogens with one attached hydrogen (secondary N) is 4. The topological polar surface area (TPSA) is 163 Å². The van der Waals surface area contributed by atoms with E-state index in [0.29, 0.717) is 16.9 Å². The minimum atomic E-state index is -3.84. The number of nitrogens with two attached hydrogens (primary N) is 1. The first-order valence-corrected chi connectivity index (χ1v) is 16.2. The second kappa shape index (κ2) is 13.6. The standard InChI is InChI=1S/C33H29N5O5S2/c1-21(31(39)36-24-14-16-27(17-15-24)45(34,42)43)44-26-11-7-10-25(19-26)37-33(41)30(38-32(40)22-8-3-2-4-9-22)18-23-20-35-29-13-6-5-12-28(23)29/h2-21,35H,1H3,(H,36,39)(H,37,41)(H,38,40)(H2,34,42,43)/b30-18-. The van der Waals surface area contributed by atoms with E-state index in [9.17, 15) is 22.8 Å². The molecule has 45 heavy (non-hydrogen) atoms. The Hall–Kier alpha value is -5.17. The first-order valence-electron chi connectivity index (χ1n) is 13.7. The Morgan fingerprint density at radius 2 is 1.56 bits per heavy atom. The van der Waals surface area contributed by atoms with Gasteiger partial charge in [-0.15, -0.1) is 11.8 Å². The average Bonchev–Trinajstić information content (AvgIpc) is 3.43. The van der Waals surface area contributed by atoms with Crippen molar-refractivity contribution >= 4 is 67.9 Å². The molecular weight excluding hydrogens is 611 g/mol. The summed E-state index contributed by atoms with van der Waals surface area (Å²) in [6, 6.07) is 28.8. The predicted molar refractivity (Wildman–Crippen MR) is 177 cm³/mol. The van der Waals surface area contributed by atoms with Crippen molar-refractivity contribution in [2.45, 2.75) is 22.0 Å². The van der Waals surface area contributed by atoms with Crippen LogP contribution in [0.5, 0.6) is 0 Å². The van der Waals surface area contributed by atoms with E-state index in [1.807, 2.05) is 30.3 Å². The normalized spacial score (nSPS) is 12.4. The van der Waals surface area contributed by atoms with Gasteiger partial charge >= 0.3 is 0 Å². The third-order valence-electron chi connectivity index (χ3n) is 6.67. The molecule has 3 amide bonds. The van der Waals surface area contributed by atoms with E-state index in [0.717, 1.165) is 21.4 Å². The number of aromatic nitrogens is 1. The molecule has 0 spiro atoms. The van der Waals surface area contributed by atoms with Crippen LogP contribution in [0.1, 0.15) is 22.8 Å². The molecule has 0 saturated carbocycles. The summed E-state index contributed by atoms with van der Waals surface area (Å²) in [5, 5.41) is 13.8. The minimum absolute atomic E-state index is 0.0489. The largest absolute Gasteiger partial charge is 0.361 e. The van der Waals surface area contributed by atoms with Gasteiger partial charge in [0, 0.05) is 44.5 Å². The monoisotopic (exact) mass is 639 g/mol. The average molecular weight is 640 g/mol. The molecule has 0 saturated heterocycles. The zero-order chi connectivity index (χ0) is 32.0. The Balaban J connectivity index is 1.30. The van der Waals surface area contributed by atoms with Crippen LogP contribution in [0.3, 0.4) is 0 Å². The second-order valence-electron chi connectivity index (χ2n) is 9.97. The molecule has 1 heterocycles. The Bertz CT molecular complexity index is 2010. The highest BCUT2D eigenvalue weighted by molar-refractivity contribution is 8.00. The molecule has 1 atom stereocenters. The van der Waals surface area contributed by atoms with Crippen LogP contribution in [0.2, 0.25) is 0 Å². The summed E-state index contributed by atoms with van der Waals surface area (Å²) in [5.41, 5.74) is 2.96. The summed E-state index contributed by atoms with van der Waals surface area (Å²) in [7, 11) is -3.84. The predicted octanol–water partition coefficient (Wildman–Crippen LogP) is 5.34. The van der Waals surface area contributed by atoms with Gasteiger partial charge in [0.05, 0.1) is 10.1 Å². The first-order chi connectivity index (χ1) is 21.6. The van der Waals surface area contributed by atoms with Gasteiger partial charge in [-0.3, -0.25) is 14.4 Å². The summed E-state index contributed by atoms with van der Waals surface area (Å²) < 4.78 is 22.9. The Morgan fingerprint density at radius 1 is 0.844 bits per heavy atom. The molecule has 5 aromatic rings. The third-order valence-corrected chi connectivity index (χ3v) is 8.70. The summed E-state index contributed by atoms with van der Waals surface area (Å²) in [5.74, 6) is -1.26. The number of hydrogen-bond donors (Lipinski definition) is 5. The van der Waals surface area contributed by atoms with Crippen LogP contribution in [-0.2, 0) is 19.6 Å². The van der Waals surface area contributed by atoms with E-state index >= 15 is 0 Å². The van der Waals surface area contributed by atoms with Crippen molar-refractivity contribution in [3.63, 3.8) is 0 Å². The molecule has 10 nitrogen and oxygen atoms in total. The van der Waals surface area contributed by atoms with E-state index in [-0.39, 0.29) is 16.5 Å². The number of amides is 3. The number of H-pyrrole nitrogens is 1. The van der Waals surface area contributed by atoms with Crippen molar-refractivity contribution in [2.75, 3.05) is 10.6 Å². The number of aromatic amines is 1. The molecule has 0 bridgehead atoms. The zero-order valence-electron chi connectivity index (χ0n) is 24.0. The molecule has 4 aromatic carbocycles. The lowest BCUT2D eigenvalue weighted by molar-refractivity contribution is -0.115. The van der Waals surface area contributed by atoms with Gasteiger partial charge in [-0.2, -0.15) is 0 Å². The van der Waals surface area contributed by atoms with E-state index < -0.39 is 27.1 Å². The number of rotatable bonds is 10. The molecule has 0 aliphatic rings. The van der Waals surface area contributed by atoms with Crippen LogP contribution in [0, 0.1) is 0 Å². The van der Waals surface area contributed by atoms with E-state index in [2.05, 4.69) is 20.9 Å². The minimum Gasteiger partial charge on any atom is -0.361 e. The molecule has 12 heteroatoms. The fraction of sp³-hybridized carbons (Fsp3) is 0.0606. The number of anilines is 2. The van der Waals surface area contributed by atoms with Crippen LogP contribution >= 0.6 is 11.8 Å². The van der Waals surface area contributed by atoms with Gasteiger partial charge in [-0.1, -0.05) is 42.5 Å². The number of hydrogen-bond acceptors (Lipinski definition) is 6. The zero-order valence-corrected chi connectivity index (χ0v) is 25.6. The van der Waals surface area contributed by atoms with Gasteiger partial charge < -0.3 is 20.9 Å². The van der Waals surface area contributed by atoms with Crippen molar-refractivity contribution in [3.05, 3.63) is 126 Å². The van der Waals surface area contributed by atoms with Crippen molar-refractivity contribution in [1.82, 2.24) is 10.3 Å². The van der Waals surface area contributed by atoms with Crippen molar-refractivity contribution < 1.29 is 22.8 Å². The number of fused-ring (bicyclic) bond motifs is 1. The fourth-order valence-corrected chi connectivity index (χ4v) is 5.83. The maximum Gasteiger partial charge on any atom is 0.272 e. The Labute approximate surface area is 264 Å². The highest BCUT2D eigenvalue weighted by Crippen LogP contribution is 2.27. The van der Waals surface area contributed by atoms with E-state index in [1.165, 1.54) is 36.0 Å². The van der Waals surface area contributed by atoms with Crippen LogP contribution in [-0.4, -0.2) is 36.4 Å². The number of para-hydroxylation sites is 1. The molecule has 0 fully saturated rings. The maximum absolute atomic E-state index is 13.6. The first kappa shape index (κ1) is 31.3. The molecule has 0 aliphatic heterocycles. The van der Waals surface area contributed by atoms with E-state index in [4.69, 9.17) is 5.14 Å². The maximum atomic E-state index is 13.6. The van der Waals surface area contributed by atoms with Gasteiger partial charge in [-0.05, 0) is 73.7 Å². The molecule has 0 aliphatic carbocycles. The van der Waals surface area contributed by atoms with E-state index in [1.54, 1.807) is 67.7 Å². The molecule has 0 radical (unpaired) electrons. The second-order valence-corrected chi connectivity index (χ2v) is 12.9. The lowest BCUT2D eigenvalue weighted by atomic mass is 10.1. The molecule has 5 rings (SSSR count). The van der Waals surface area contributed by atoms with Crippen LogP contribution in [0.25, 0.3) is 17.0 Å². The number of sulfonamides is 1. The van der Waals surface area contributed by atoms with Gasteiger partial charge in [0.15, 0.2) is 0 Å². The van der Waals surface area contributed by atoms with Crippen LogP contribution < -0.4 is 21.1 Å². The van der Waals surface area contributed by atoms with Gasteiger partial charge in [0.2, 0.25) is 15.9 Å². The van der Waals surface area contributed by atoms with Crippen LogP contribution in [0.15, 0.2) is 125 Å². The Morgan fingerprint density at radius 3 is 2.29 bits per heavy atom. The smallest absolute Gasteiger partial charge is 0.272 e. The number of thioether (sulfide) groups is 1. The molecule has 1 aromatic heterocycles. The molecular formula is C33H29N5O5S2. The molecule has 6 N–H and O–H groups in total. The summed E-state index contributed by atoms with van der Waals surface area (Å²) in [6.45, 7) is 1.73. The number of carbonyl (C=O) groups is 3. The quantitative estimate of drug-likeness (QED) is 0.102. The SMILES string of the molecule is CC(Sc1cccc(NC(=O)/C(=C/c2c[nH]c3ccccc23)NC(=O)c2ccccc2)c1)C(=O)Nc1ccc(S(N)(=O)=O)cc1.